The van der Waals surface area contributed by atoms with Gasteiger partial charge in [0.1, 0.15) is 11.4 Å². The zero-order valence-electron chi connectivity index (χ0n) is 9.62. The second kappa shape index (κ2) is 5.38. The van der Waals surface area contributed by atoms with Crippen molar-refractivity contribution >= 4 is 40.6 Å². The van der Waals surface area contributed by atoms with Gasteiger partial charge in [0.25, 0.3) is 5.91 Å². The molecule has 0 aromatic heterocycles. The summed E-state index contributed by atoms with van der Waals surface area (Å²) in [5, 5.41) is 4.59. The van der Waals surface area contributed by atoms with E-state index in [0.29, 0.717) is 6.61 Å². The van der Waals surface area contributed by atoms with Crippen LogP contribution in [0, 0.1) is 3.57 Å². The Bertz CT molecular complexity index is 540. The lowest BCUT2D eigenvalue weighted by Crippen LogP contribution is -2.22. The van der Waals surface area contributed by atoms with Gasteiger partial charge in [0.2, 0.25) is 0 Å². The minimum absolute atomic E-state index is 0.250. The van der Waals surface area contributed by atoms with Crippen LogP contribution < -0.4 is 15.4 Å². The molecule has 5 nitrogen and oxygen atoms in total. The predicted octanol–water partition coefficient (Wildman–Crippen LogP) is 1.87. The first-order chi connectivity index (χ1) is 8.60. The Morgan fingerprint density at radius 2 is 2.11 bits per heavy atom. The van der Waals surface area contributed by atoms with E-state index in [-0.39, 0.29) is 5.70 Å². The van der Waals surface area contributed by atoms with Gasteiger partial charge in [-0.3, -0.25) is 10.1 Å². The molecule has 2 N–H and O–H groups in total. The number of hydrogen-bond donors (Lipinski definition) is 2. The number of amides is 3. The van der Waals surface area contributed by atoms with E-state index in [1.807, 2.05) is 25.1 Å². The maximum atomic E-state index is 11.4. The molecule has 0 bridgehead atoms. The summed E-state index contributed by atoms with van der Waals surface area (Å²) in [6.45, 7) is 2.53. The maximum Gasteiger partial charge on any atom is 0.326 e. The molecule has 1 aliphatic heterocycles. The molecule has 0 spiro atoms. The first-order valence-corrected chi connectivity index (χ1v) is 6.44. The van der Waals surface area contributed by atoms with Gasteiger partial charge >= 0.3 is 6.03 Å². The van der Waals surface area contributed by atoms with Crippen LogP contribution in [0.3, 0.4) is 0 Å². The fourth-order valence-corrected chi connectivity index (χ4v) is 2.22. The van der Waals surface area contributed by atoms with Crippen LogP contribution >= 0.6 is 22.6 Å². The van der Waals surface area contributed by atoms with Crippen molar-refractivity contribution in [2.75, 3.05) is 6.61 Å². The number of hydrogen-bond acceptors (Lipinski definition) is 3. The van der Waals surface area contributed by atoms with Crippen LogP contribution in [0.1, 0.15) is 12.5 Å². The van der Waals surface area contributed by atoms with Crippen molar-refractivity contribution in [3.63, 3.8) is 0 Å². The largest absolute Gasteiger partial charge is 0.493 e. The van der Waals surface area contributed by atoms with Gasteiger partial charge in [0, 0.05) is 0 Å². The monoisotopic (exact) mass is 358 g/mol. The van der Waals surface area contributed by atoms with E-state index in [9.17, 15) is 9.59 Å². The van der Waals surface area contributed by atoms with Gasteiger partial charge in [-0.2, -0.15) is 0 Å². The van der Waals surface area contributed by atoms with E-state index >= 15 is 0 Å². The molecule has 1 aliphatic rings. The Morgan fingerprint density at radius 3 is 2.67 bits per heavy atom. The van der Waals surface area contributed by atoms with E-state index in [1.54, 1.807) is 6.08 Å². The lowest BCUT2D eigenvalue weighted by atomic mass is 10.2. The first kappa shape index (κ1) is 12.9. The van der Waals surface area contributed by atoms with Gasteiger partial charge in [-0.1, -0.05) is 6.07 Å². The minimum Gasteiger partial charge on any atom is -0.493 e. The van der Waals surface area contributed by atoms with Crippen LogP contribution in [0.2, 0.25) is 0 Å². The van der Waals surface area contributed by atoms with Crippen LogP contribution in [0.5, 0.6) is 5.75 Å². The van der Waals surface area contributed by atoms with Crippen LogP contribution in [0.25, 0.3) is 6.08 Å². The van der Waals surface area contributed by atoms with Crippen LogP contribution in [-0.4, -0.2) is 18.5 Å². The number of carbonyl (C=O) groups excluding carboxylic acids is 2. The van der Waals surface area contributed by atoms with Gasteiger partial charge in [-0.05, 0) is 53.3 Å². The molecule has 1 aromatic carbocycles. The zero-order valence-corrected chi connectivity index (χ0v) is 11.8. The third-order valence-electron chi connectivity index (χ3n) is 2.29. The lowest BCUT2D eigenvalue weighted by Gasteiger charge is -2.06. The van der Waals surface area contributed by atoms with Gasteiger partial charge in [0.15, 0.2) is 0 Å². The van der Waals surface area contributed by atoms with Crippen LogP contribution in [0.15, 0.2) is 23.9 Å². The molecule has 0 atom stereocenters. The molecule has 0 unspecified atom stereocenters. The molecule has 1 aromatic rings. The highest BCUT2D eigenvalue weighted by Gasteiger charge is 2.22. The molecular weight excluding hydrogens is 347 g/mol. The molecular formula is C12H11IN2O3. The topological polar surface area (TPSA) is 67.4 Å². The van der Waals surface area contributed by atoms with Crippen molar-refractivity contribution in [2.45, 2.75) is 6.92 Å². The van der Waals surface area contributed by atoms with Crippen molar-refractivity contribution in [1.82, 2.24) is 10.6 Å². The summed E-state index contributed by atoms with van der Waals surface area (Å²) in [4.78, 5) is 22.3. The number of urea groups is 1. The van der Waals surface area contributed by atoms with E-state index in [2.05, 4.69) is 33.2 Å². The SMILES string of the molecule is CCOc1ccc(C=C2NC(=O)NC2=O)cc1I. The Morgan fingerprint density at radius 1 is 1.33 bits per heavy atom. The number of nitrogens with one attached hydrogen (secondary N) is 2. The lowest BCUT2D eigenvalue weighted by molar-refractivity contribution is -0.115. The van der Waals surface area contributed by atoms with Gasteiger partial charge in [0.05, 0.1) is 10.2 Å². The summed E-state index contributed by atoms with van der Waals surface area (Å²) in [5.74, 6) is 0.393. The molecule has 0 radical (unpaired) electrons. The minimum atomic E-state index is -0.494. The number of carbonyl (C=O) groups is 2. The summed E-state index contributed by atoms with van der Waals surface area (Å²) >= 11 is 2.16. The van der Waals surface area contributed by atoms with Gasteiger partial charge < -0.3 is 10.1 Å². The summed E-state index contributed by atoms with van der Waals surface area (Å²) < 4.78 is 6.37. The number of benzene rings is 1. The van der Waals surface area contributed by atoms with Crippen molar-refractivity contribution < 1.29 is 14.3 Å². The molecule has 18 heavy (non-hydrogen) atoms. The molecule has 0 saturated carbocycles. The Balaban J connectivity index is 2.25. The molecule has 1 fully saturated rings. The van der Waals surface area contributed by atoms with E-state index in [0.717, 1.165) is 14.9 Å². The molecule has 94 valence electrons. The molecule has 6 heteroatoms. The zero-order chi connectivity index (χ0) is 13.1. The molecule has 2 rings (SSSR count). The molecule has 1 heterocycles. The van der Waals surface area contributed by atoms with Crippen LogP contribution in [-0.2, 0) is 4.79 Å². The standard InChI is InChI=1S/C12H11IN2O3/c1-2-18-10-4-3-7(5-8(10)13)6-9-11(16)15-12(17)14-9/h3-6H,2H2,1H3,(H2,14,15,16,17). The predicted molar refractivity (Wildman–Crippen MR) is 75.0 cm³/mol. The second-order valence-electron chi connectivity index (χ2n) is 3.59. The second-order valence-corrected chi connectivity index (χ2v) is 4.75. The Hall–Kier alpha value is -1.57. The van der Waals surface area contributed by atoms with Crippen LogP contribution in [0.4, 0.5) is 4.79 Å². The number of imide groups is 1. The van der Waals surface area contributed by atoms with E-state index < -0.39 is 11.9 Å². The summed E-state index contributed by atoms with van der Waals surface area (Å²) in [6, 6.07) is 5.06. The smallest absolute Gasteiger partial charge is 0.326 e. The third-order valence-corrected chi connectivity index (χ3v) is 3.13. The Labute approximate surface area is 118 Å². The fraction of sp³-hybridized carbons (Fsp3) is 0.167. The number of ether oxygens (including phenoxy) is 1. The average molecular weight is 358 g/mol. The molecule has 0 aliphatic carbocycles. The van der Waals surface area contributed by atoms with Gasteiger partial charge in [-0.15, -0.1) is 0 Å². The summed E-state index contributed by atoms with van der Waals surface area (Å²) in [6.07, 6.45) is 1.62. The highest BCUT2D eigenvalue weighted by atomic mass is 127. The highest BCUT2D eigenvalue weighted by molar-refractivity contribution is 14.1. The third kappa shape index (κ3) is 2.81. The van der Waals surface area contributed by atoms with E-state index in [1.165, 1.54) is 0 Å². The average Bonchev–Trinajstić information content (AvgIpc) is 2.61. The number of halogens is 1. The van der Waals surface area contributed by atoms with Crippen molar-refractivity contribution in [2.24, 2.45) is 0 Å². The summed E-state index contributed by atoms with van der Waals surface area (Å²) in [7, 11) is 0. The van der Waals surface area contributed by atoms with E-state index in [4.69, 9.17) is 4.74 Å². The fourth-order valence-electron chi connectivity index (χ4n) is 1.53. The van der Waals surface area contributed by atoms with Crippen molar-refractivity contribution in [3.8, 4) is 5.75 Å². The molecule has 3 amide bonds. The quantitative estimate of drug-likeness (QED) is 0.493. The van der Waals surface area contributed by atoms with Gasteiger partial charge in [-0.25, -0.2) is 4.79 Å². The van der Waals surface area contributed by atoms with Crippen molar-refractivity contribution in [3.05, 3.63) is 33.0 Å². The Kier molecular flexibility index (Phi) is 3.85. The maximum absolute atomic E-state index is 11.4. The first-order valence-electron chi connectivity index (χ1n) is 5.36. The molecule has 1 saturated heterocycles. The number of rotatable bonds is 3. The van der Waals surface area contributed by atoms with Crippen molar-refractivity contribution in [1.29, 1.82) is 0 Å². The highest BCUT2D eigenvalue weighted by Crippen LogP contribution is 2.23. The normalized spacial score (nSPS) is 16.7. The summed E-state index contributed by atoms with van der Waals surface area (Å²) in [5.41, 5.74) is 1.08.